The Morgan fingerprint density at radius 1 is 1.47 bits per heavy atom. The van der Waals surface area contributed by atoms with Gasteiger partial charge in [-0.25, -0.2) is 9.78 Å². The molecule has 0 bridgehead atoms. The van der Waals surface area contributed by atoms with Crippen molar-refractivity contribution in [2.75, 3.05) is 0 Å². The quantitative estimate of drug-likeness (QED) is 0.620. The van der Waals surface area contributed by atoms with Crippen molar-refractivity contribution in [2.24, 2.45) is 5.92 Å². The van der Waals surface area contributed by atoms with Crippen molar-refractivity contribution in [1.82, 2.24) is 4.98 Å². The van der Waals surface area contributed by atoms with E-state index in [0.717, 1.165) is 31.4 Å². The summed E-state index contributed by atoms with van der Waals surface area (Å²) in [5.41, 5.74) is 1.33. The largest absolute Gasteiger partial charge is 0.459 e. The maximum atomic E-state index is 12.1. The van der Waals surface area contributed by atoms with Gasteiger partial charge in [0, 0.05) is 5.69 Å². The summed E-state index contributed by atoms with van der Waals surface area (Å²) in [7, 11) is 0. The lowest BCUT2D eigenvalue weighted by Crippen LogP contribution is -2.24. The average Bonchev–Trinajstić information content (AvgIpc) is 2.38. The number of aromatic nitrogens is 1. The highest BCUT2D eigenvalue weighted by Crippen LogP contribution is 2.26. The maximum Gasteiger partial charge on any atom is 0.338 e. The summed E-state index contributed by atoms with van der Waals surface area (Å²) in [6.07, 6.45) is 5.10. The number of pyridine rings is 1. The number of esters is 1. The minimum absolute atomic E-state index is 0.0493. The van der Waals surface area contributed by atoms with E-state index in [9.17, 15) is 4.79 Å². The molecule has 2 atom stereocenters. The predicted octanol–water partition coefficient (Wildman–Crippen LogP) is 4.03. The van der Waals surface area contributed by atoms with Gasteiger partial charge in [-0.3, -0.25) is 0 Å². The van der Waals surface area contributed by atoms with Crippen LogP contribution in [-0.4, -0.2) is 17.1 Å². The second-order valence-corrected chi connectivity index (χ2v) is 5.71. The summed E-state index contributed by atoms with van der Waals surface area (Å²) in [6.45, 7) is 4.19. The number of carbonyl (C=O) groups excluding carboxylic acids is 1. The van der Waals surface area contributed by atoms with Gasteiger partial charge in [0.25, 0.3) is 0 Å². The van der Waals surface area contributed by atoms with Crippen molar-refractivity contribution in [3.63, 3.8) is 0 Å². The van der Waals surface area contributed by atoms with Gasteiger partial charge in [-0.2, -0.15) is 0 Å². The Kier molecular flexibility index (Phi) is 4.81. The molecule has 1 fully saturated rings. The molecule has 104 valence electrons. The summed E-state index contributed by atoms with van der Waals surface area (Å²) >= 11 is 5.92. The molecule has 0 saturated heterocycles. The van der Waals surface area contributed by atoms with Crippen LogP contribution in [-0.2, 0) is 11.2 Å². The number of halogens is 1. The molecular weight excluding hydrogens is 262 g/mol. The number of nitrogens with zero attached hydrogens (tertiary/aromatic N) is 1. The lowest BCUT2D eigenvalue weighted by molar-refractivity contribution is 0.0155. The summed E-state index contributed by atoms with van der Waals surface area (Å²) in [6, 6.07) is 3.34. The molecule has 0 aromatic carbocycles. The van der Waals surface area contributed by atoms with E-state index in [0.29, 0.717) is 16.6 Å². The van der Waals surface area contributed by atoms with E-state index in [4.69, 9.17) is 16.3 Å². The number of ether oxygens (including phenoxy) is 1. The van der Waals surface area contributed by atoms with Crippen LogP contribution in [0.4, 0.5) is 0 Å². The van der Waals surface area contributed by atoms with Crippen molar-refractivity contribution in [3.05, 3.63) is 28.5 Å². The first-order valence-corrected chi connectivity index (χ1v) is 7.33. The number of rotatable bonds is 3. The van der Waals surface area contributed by atoms with Gasteiger partial charge in [-0.15, -0.1) is 0 Å². The van der Waals surface area contributed by atoms with E-state index < -0.39 is 0 Å². The monoisotopic (exact) mass is 281 g/mol. The zero-order valence-corrected chi connectivity index (χ0v) is 12.2. The van der Waals surface area contributed by atoms with E-state index >= 15 is 0 Å². The lowest BCUT2D eigenvalue weighted by Gasteiger charge is -2.26. The molecule has 1 aliphatic carbocycles. The third-order valence-electron chi connectivity index (χ3n) is 3.61. The number of aryl methyl sites for hydroxylation is 1. The fraction of sp³-hybridized carbons (Fsp3) is 0.600. The van der Waals surface area contributed by atoms with Crippen molar-refractivity contribution < 1.29 is 9.53 Å². The van der Waals surface area contributed by atoms with Crippen LogP contribution in [0.15, 0.2) is 12.1 Å². The van der Waals surface area contributed by atoms with Crippen LogP contribution in [0.2, 0.25) is 5.15 Å². The molecule has 0 aliphatic heterocycles. The molecule has 1 heterocycles. The molecule has 0 N–H and O–H groups in total. The van der Waals surface area contributed by atoms with Crippen LogP contribution in [0.25, 0.3) is 0 Å². The third-order valence-corrected chi connectivity index (χ3v) is 3.80. The minimum atomic E-state index is -0.280. The van der Waals surface area contributed by atoms with E-state index in [2.05, 4.69) is 11.9 Å². The summed E-state index contributed by atoms with van der Waals surface area (Å²) in [4.78, 5) is 16.3. The van der Waals surface area contributed by atoms with Gasteiger partial charge >= 0.3 is 5.97 Å². The van der Waals surface area contributed by atoms with Crippen LogP contribution in [0.1, 0.15) is 55.6 Å². The number of hydrogen-bond donors (Lipinski definition) is 0. The molecule has 0 radical (unpaired) electrons. The standard InChI is InChI=1S/C15H20ClNO2/c1-3-12-8-11(9-14(16)17-12)15(18)19-13-6-4-5-10(2)7-13/h8-10,13H,3-7H2,1-2H3. The molecule has 0 spiro atoms. The fourth-order valence-electron chi connectivity index (χ4n) is 2.56. The maximum absolute atomic E-state index is 12.1. The first-order chi connectivity index (χ1) is 9.08. The molecule has 1 aromatic rings. The molecule has 19 heavy (non-hydrogen) atoms. The van der Waals surface area contributed by atoms with Crippen LogP contribution in [0.3, 0.4) is 0 Å². The second-order valence-electron chi connectivity index (χ2n) is 5.32. The lowest BCUT2D eigenvalue weighted by atomic mass is 9.89. The molecule has 1 aromatic heterocycles. The summed E-state index contributed by atoms with van der Waals surface area (Å²) in [5, 5.41) is 0.350. The number of hydrogen-bond acceptors (Lipinski definition) is 3. The highest BCUT2D eigenvalue weighted by Gasteiger charge is 2.23. The Balaban J connectivity index is 2.05. The highest BCUT2D eigenvalue weighted by atomic mass is 35.5. The second kappa shape index (κ2) is 6.38. The zero-order valence-electron chi connectivity index (χ0n) is 11.5. The molecule has 4 heteroatoms. The summed E-state index contributed by atoms with van der Waals surface area (Å²) < 4.78 is 5.58. The Morgan fingerprint density at radius 3 is 2.95 bits per heavy atom. The van der Waals surface area contributed by atoms with E-state index in [1.165, 1.54) is 6.42 Å². The van der Waals surface area contributed by atoms with Crippen LogP contribution < -0.4 is 0 Å². The summed E-state index contributed by atoms with van der Waals surface area (Å²) in [5.74, 6) is 0.358. The zero-order chi connectivity index (χ0) is 13.8. The van der Waals surface area contributed by atoms with Gasteiger partial charge in [-0.1, -0.05) is 31.9 Å². The SMILES string of the molecule is CCc1cc(C(=O)OC2CCCC(C)C2)cc(Cl)n1. The minimum Gasteiger partial charge on any atom is -0.459 e. The van der Waals surface area contributed by atoms with Gasteiger partial charge in [0.05, 0.1) is 5.56 Å². The van der Waals surface area contributed by atoms with Gasteiger partial charge in [0.1, 0.15) is 11.3 Å². The number of carbonyl (C=O) groups is 1. The van der Waals surface area contributed by atoms with Crippen LogP contribution >= 0.6 is 11.6 Å². The van der Waals surface area contributed by atoms with Gasteiger partial charge in [0.2, 0.25) is 0 Å². The molecule has 2 unspecified atom stereocenters. The average molecular weight is 282 g/mol. The molecule has 1 aliphatic rings. The topological polar surface area (TPSA) is 39.2 Å². The normalized spacial score (nSPS) is 23.1. The van der Waals surface area contributed by atoms with Crippen LogP contribution in [0.5, 0.6) is 0 Å². The first kappa shape index (κ1) is 14.3. The van der Waals surface area contributed by atoms with E-state index in [1.807, 2.05) is 6.92 Å². The predicted molar refractivity (Wildman–Crippen MR) is 75.5 cm³/mol. The Labute approximate surface area is 119 Å². The van der Waals surface area contributed by atoms with Gasteiger partial charge < -0.3 is 4.74 Å². The molecule has 1 saturated carbocycles. The van der Waals surface area contributed by atoms with Crippen molar-refractivity contribution in [1.29, 1.82) is 0 Å². The highest BCUT2D eigenvalue weighted by molar-refractivity contribution is 6.29. The van der Waals surface area contributed by atoms with Gasteiger partial charge in [0.15, 0.2) is 0 Å². The van der Waals surface area contributed by atoms with Crippen molar-refractivity contribution in [3.8, 4) is 0 Å². The van der Waals surface area contributed by atoms with Crippen LogP contribution in [0, 0.1) is 5.92 Å². The third kappa shape index (κ3) is 3.93. The molecule has 3 nitrogen and oxygen atoms in total. The Morgan fingerprint density at radius 2 is 2.26 bits per heavy atom. The van der Waals surface area contributed by atoms with Crippen molar-refractivity contribution >= 4 is 17.6 Å². The fourth-order valence-corrected chi connectivity index (χ4v) is 2.78. The Hall–Kier alpha value is -1.09. The Bertz CT molecular complexity index is 461. The molecular formula is C15H20ClNO2. The molecule has 2 rings (SSSR count). The first-order valence-electron chi connectivity index (χ1n) is 6.96. The van der Waals surface area contributed by atoms with E-state index in [-0.39, 0.29) is 12.1 Å². The van der Waals surface area contributed by atoms with Gasteiger partial charge in [-0.05, 0) is 43.7 Å². The van der Waals surface area contributed by atoms with Crippen molar-refractivity contribution in [2.45, 2.75) is 52.1 Å². The van der Waals surface area contributed by atoms with E-state index in [1.54, 1.807) is 12.1 Å². The smallest absolute Gasteiger partial charge is 0.338 e. The molecule has 0 amide bonds.